The highest BCUT2D eigenvalue weighted by Gasteiger charge is 2.21. The van der Waals surface area contributed by atoms with E-state index in [0.29, 0.717) is 5.82 Å². The van der Waals surface area contributed by atoms with Gasteiger partial charge >= 0.3 is 0 Å². The third-order valence-corrected chi connectivity index (χ3v) is 6.34. The van der Waals surface area contributed by atoms with Crippen LogP contribution in [0.15, 0.2) is 72.8 Å². The number of rotatable bonds is 3. The van der Waals surface area contributed by atoms with Crippen molar-refractivity contribution in [2.45, 2.75) is 6.92 Å². The van der Waals surface area contributed by atoms with Gasteiger partial charge in [-0.1, -0.05) is 6.07 Å². The van der Waals surface area contributed by atoms with Gasteiger partial charge in [-0.2, -0.15) is 4.57 Å². The van der Waals surface area contributed by atoms with Crippen LogP contribution in [0.3, 0.4) is 0 Å². The van der Waals surface area contributed by atoms with E-state index < -0.39 is 0 Å². The standard InChI is InChI=1S/C27H26N6/c1-16-12-21(15-26(30)32(16)2)31-20-9-11-22-23-10-8-19(29)13-25(23)33(3)27(24(22)14-20)17-4-6-18(28)7-5-17/h4-15H,1-3H3,(H5,28,29,30,31)/p+2. The molecular formula is C27H28N6+2. The highest BCUT2D eigenvalue weighted by Crippen LogP contribution is 2.34. The quantitative estimate of drug-likeness (QED) is 0.194. The number of hydrogen-bond acceptors (Lipinski definition) is 4. The third kappa shape index (κ3) is 3.55. The lowest BCUT2D eigenvalue weighted by Gasteiger charge is -2.13. The van der Waals surface area contributed by atoms with E-state index in [2.05, 4.69) is 59.4 Å². The Kier molecular flexibility index (Phi) is 4.78. The molecular weight excluding hydrogens is 408 g/mol. The van der Waals surface area contributed by atoms with Gasteiger partial charge in [-0.3, -0.25) is 5.73 Å². The minimum absolute atomic E-state index is 0.704. The molecule has 3 aromatic carbocycles. The van der Waals surface area contributed by atoms with E-state index in [1.165, 1.54) is 0 Å². The van der Waals surface area contributed by atoms with Crippen LogP contribution in [0.1, 0.15) is 5.69 Å². The molecule has 7 N–H and O–H groups in total. The highest BCUT2D eigenvalue weighted by molar-refractivity contribution is 6.10. The molecule has 0 aliphatic carbocycles. The first-order valence-corrected chi connectivity index (χ1v) is 10.9. The van der Waals surface area contributed by atoms with Crippen LogP contribution >= 0.6 is 0 Å². The minimum Gasteiger partial charge on any atom is -0.399 e. The van der Waals surface area contributed by atoms with Crippen molar-refractivity contribution in [2.24, 2.45) is 14.1 Å². The average Bonchev–Trinajstić information content (AvgIpc) is 2.79. The number of pyridine rings is 2. The molecule has 0 fully saturated rings. The van der Waals surface area contributed by atoms with E-state index >= 15 is 0 Å². The fourth-order valence-corrected chi connectivity index (χ4v) is 4.46. The summed E-state index contributed by atoms with van der Waals surface area (Å²) in [4.78, 5) is 0. The van der Waals surface area contributed by atoms with Gasteiger partial charge in [0.2, 0.25) is 11.2 Å². The Bertz CT molecular complexity index is 1510. The number of anilines is 5. The molecule has 0 bridgehead atoms. The molecule has 0 aliphatic rings. The van der Waals surface area contributed by atoms with Crippen molar-refractivity contribution < 1.29 is 9.13 Å². The van der Waals surface area contributed by atoms with Crippen molar-refractivity contribution in [1.82, 2.24) is 0 Å². The van der Waals surface area contributed by atoms with Crippen LogP contribution in [0, 0.1) is 6.92 Å². The molecule has 5 rings (SSSR count). The first-order valence-electron chi connectivity index (χ1n) is 10.9. The first kappa shape index (κ1) is 20.6. The molecule has 0 saturated carbocycles. The summed E-state index contributed by atoms with van der Waals surface area (Å²) in [5.74, 6) is 0.704. The average molecular weight is 437 g/mol. The zero-order valence-corrected chi connectivity index (χ0v) is 19.1. The Labute approximate surface area is 192 Å². The normalized spacial score (nSPS) is 11.2. The number of nitrogens with one attached hydrogen (secondary N) is 1. The minimum atomic E-state index is 0.704. The van der Waals surface area contributed by atoms with E-state index in [4.69, 9.17) is 17.2 Å². The van der Waals surface area contributed by atoms with Crippen LogP contribution in [0.25, 0.3) is 32.9 Å². The Hall–Kier alpha value is -4.32. The summed E-state index contributed by atoms with van der Waals surface area (Å²) in [5.41, 5.74) is 26.0. The SMILES string of the molecule is Cc1cc(Nc2ccc3c(c2)c(-c2ccc(N)cc2)[n+](C)c2cc(N)ccc32)cc(N)[n+]1C. The lowest BCUT2D eigenvalue weighted by Crippen LogP contribution is -2.35. The van der Waals surface area contributed by atoms with E-state index in [1.807, 2.05) is 48.9 Å². The third-order valence-electron chi connectivity index (χ3n) is 6.34. The van der Waals surface area contributed by atoms with Crippen molar-refractivity contribution in [1.29, 1.82) is 0 Å². The van der Waals surface area contributed by atoms with Gasteiger partial charge in [0.25, 0.3) is 5.82 Å². The lowest BCUT2D eigenvalue weighted by molar-refractivity contribution is -0.663. The summed E-state index contributed by atoms with van der Waals surface area (Å²) in [6.07, 6.45) is 0. The zero-order chi connectivity index (χ0) is 23.3. The van der Waals surface area contributed by atoms with Gasteiger partial charge < -0.3 is 16.8 Å². The Morgan fingerprint density at radius 3 is 2.06 bits per heavy atom. The van der Waals surface area contributed by atoms with Crippen molar-refractivity contribution in [3.8, 4) is 11.3 Å². The van der Waals surface area contributed by atoms with Crippen LogP contribution in [0.4, 0.5) is 28.6 Å². The molecule has 2 aromatic heterocycles. The second-order valence-electron chi connectivity index (χ2n) is 8.56. The highest BCUT2D eigenvalue weighted by atomic mass is 15.0. The molecule has 6 nitrogen and oxygen atoms in total. The van der Waals surface area contributed by atoms with Gasteiger partial charge in [0.1, 0.15) is 12.7 Å². The van der Waals surface area contributed by atoms with Crippen LogP contribution in [0.2, 0.25) is 0 Å². The summed E-state index contributed by atoms with van der Waals surface area (Å²) in [7, 11) is 4.04. The predicted octanol–water partition coefficient (Wildman–Crippen LogP) is 4.11. The number of fused-ring (bicyclic) bond motifs is 3. The van der Waals surface area contributed by atoms with E-state index in [1.54, 1.807) is 0 Å². The van der Waals surface area contributed by atoms with E-state index in [-0.39, 0.29) is 0 Å². The maximum Gasteiger partial charge on any atom is 0.274 e. The van der Waals surface area contributed by atoms with Crippen molar-refractivity contribution in [3.63, 3.8) is 0 Å². The smallest absolute Gasteiger partial charge is 0.274 e. The molecule has 33 heavy (non-hydrogen) atoms. The molecule has 0 amide bonds. The van der Waals surface area contributed by atoms with E-state index in [9.17, 15) is 0 Å². The summed E-state index contributed by atoms with van der Waals surface area (Å²) in [6, 6.07) is 24.5. The number of nitrogens with two attached hydrogens (primary N) is 3. The molecule has 0 saturated heterocycles. The fourth-order valence-electron chi connectivity index (χ4n) is 4.46. The molecule has 164 valence electrons. The Balaban J connectivity index is 1.76. The maximum atomic E-state index is 6.17. The van der Waals surface area contributed by atoms with Gasteiger partial charge in [0, 0.05) is 40.1 Å². The van der Waals surface area contributed by atoms with Gasteiger partial charge in [0.05, 0.1) is 29.6 Å². The molecule has 0 radical (unpaired) electrons. The summed E-state index contributed by atoms with van der Waals surface area (Å²) < 4.78 is 4.16. The monoisotopic (exact) mass is 436 g/mol. The van der Waals surface area contributed by atoms with E-state index in [0.717, 1.165) is 61.4 Å². The Morgan fingerprint density at radius 1 is 0.636 bits per heavy atom. The predicted molar refractivity (Wildman–Crippen MR) is 137 cm³/mol. The van der Waals surface area contributed by atoms with Crippen LogP contribution in [0.5, 0.6) is 0 Å². The zero-order valence-electron chi connectivity index (χ0n) is 19.1. The number of hydrogen-bond donors (Lipinski definition) is 4. The van der Waals surface area contributed by atoms with Gasteiger partial charge in [-0.25, -0.2) is 4.57 Å². The summed E-state index contributed by atoms with van der Waals surface area (Å²) in [6.45, 7) is 2.04. The molecule has 2 heterocycles. The largest absolute Gasteiger partial charge is 0.399 e. The molecule has 0 aliphatic heterocycles. The number of nitrogen functional groups attached to an aromatic ring is 3. The number of aryl methyl sites for hydroxylation is 2. The first-order chi connectivity index (χ1) is 15.8. The fraction of sp³-hybridized carbons (Fsp3) is 0.111. The number of nitrogens with zero attached hydrogens (tertiary/aromatic N) is 2. The molecule has 0 atom stereocenters. The number of benzene rings is 3. The van der Waals surface area contributed by atoms with Crippen LogP contribution in [-0.4, -0.2) is 0 Å². The molecule has 5 aromatic rings. The summed E-state index contributed by atoms with van der Waals surface area (Å²) >= 11 is 0. The summed E-state index contributed by atoms with van der Waals surface area (Å²) in [5, 5.41) is 6.98. The Morgan fingerprint density at radius 2 is 1.33 bits per heavy atom. The lowest BCUT2D eigenvalue weighted by atomic mass is 9.98. The van der Waals surface area contributed by atoms with Crippen LogP contribution in [-0.2, 0) is 14.1 Å². The van der Waals surface area contributed by atoms with Gasteiger partial charge in [-0.15, -0.1) is 0 Å². The number of aromatic nitrogens is 2. The second kappa shape index (κ2) is 7.67. The van der Waals surface area contributed by atoms with Gasteiger partial charge in [-0.05, 0) is 55.5 Å². The van der Waals surface area contributed by atoms with Crippen LogP contribution < -0.4 is 31.7 Å². The van der Waals surface area contributed by atoms with Crippen molar-refractivity contribution in [2.75, 3.05) is 22.5 Å². The molecule has 0 unspecified atom stereocenters. The topological polar surface area (TPSA) is 97.8 Å². The second-order valence-corrected chi connectivity index (χ2v) is 8.56. The molecule has 0 spiro atoms. The van der Waals surface area contributed by atoms with Crippen molar-refractivity contribution >= 4 is 50.2 Å². The van der Waals surface area contributed by atoms with Crippen molar-refractivity contribution in [3.05, 3.63) is 78.5 Å². The molecule has 6 heteroatoms. The van der Waals surface area contributed by atoms with Gasteiger partial charge in [0.15, 0.2) is 0 Å². The maximum absolute atomic E-state index is 6.17.